The summed E-state index contributed by atoms with van der Waals surface area (Å²) >= 11 is 0. The molecule has 1 atom stereocenters. The van der Waals surface area contributed by atoms with Crippen molar-refractivity contribution in [1.82, 2.24) is 15.2 Å². The van der Waals surface area contributed by atoms with Crippen LogP contribution in [-0.4, -0.2) is 34.3 Å². The number of aromatic amines is 1. The summed E-state index contributed by atoms with van der Waals surface area (Å²) in [4.78, 5) is 29.4. The second kappa shape index (κ2) is 4.48. The topological polar surface area (TPSA) is 65.2 Å². The number of para-hydroxylation sites is 1. The van der Waals surface area contributed by atoms with Crippen molar-refractivity contribution in [2.75, 3.05) is 6.54 Å². The first-order valence-electron chi connectivity index (χ1n) is 7.14. The van der Waals surface area contributed by atoms with Gasteiger partial charge in [0.2, 0.25) is 5.91 Å². The molecule has 0 saturated carbocycles. The molecule has 0 radical (unpaired) electrons. The minimum Gasteiger partial charge on any atom is -0.361 e. The van der Waals surface area contributed by atoms with Gasteiger partial charge in [-0.1, -0.05) is 18.2 Å². The van der Waals surface area contributed by atoms with E-state index in [2.05, 4.69) is 10.3 Å². The van der Waals surface area contributed by atoms with Crippen molar-refractivity contribution in [3.8, 4) is 0 Å². The number of piperazine rings is 1. The highest BCUT2D eigenvalue weighted by molar-refractivity contribution is 6.08. The van der Waals surface area contributed by atoms with Crippen molar-refractivity contribution in [3.63, 3.8) is 0 Å². The van der Waals surface area contributed by atoms with Crippen LogP contribution in [0, 0.1) is 0 Å². The maximum absolute atomic E-state index is 12.4. The molecule has 21 heavy (non-hydrogen) atoms. The lowest BCUT2D eigenvalue weighted by Crippen LogP contribution is -2.53. The van der Waals surface area contributed by atoms with Gasteiger partial charge in [0.1, 0.15) is 11.7 Å². The fraction of sp³-hybridized carbons (Fsp3) is 0.250. The van der Waals surface area contributed by atoms with Crippen LogP contribution in [-0.2, 0) is 9.59 Å². The summed E-state index contributed by atoms with van der Waals surface area (Å²) in [7, 11) is 0. The van der Waals surface area contributed by atoms with Gasteiger partial charge in [-0.3, -0.25) is 9.59 Å². The Morgan fingerprint density at radius 2 is 2.10 bits per heavy atom. The number of benzene rings is 1. The van der Waals surface area contributed by atoms with Crippen LogP contribution in [0.4, 0.5) is 0 Å². The maximum atomic E-state index is 12.4. The molecule has 2 amide bonds. The summed E-state index contributed by atoms with van der Waals surface area (Å²) in [5.74, 6) is -0.152. The van der Waals surface area contributed by atoms with E-state index in [4.69, 9.17) is 0 Å². The second-order valence-corrected chi connectivity index (χ2v) is 5.49. The Balaban J connectivity index is 1.75. The molecule has 0 bridgehead atoms. The SMILES string of the molecule is O=C1N/C(=C\c2c[nH]c3ccccc23)C(=O)N2CCC[C@H]12. The Bertz CT molecular complexity index is 775. The van der Waals surface area contributed by atoms with Crippen molar-refractivity contribution < 1.29 is 9.59 Å². The molecule has 2 N–H and O–H groups in total. The molecule has 3 heterocycles. The third-order valence-electron chi connectivity index (χ3n) is 4.23. The van der Waals surface area contributed by atoms with Crippen molar-refractivity contribution in [2.45, 2.75) is 18.9 Å². The van der Waals surface area contributed by atoms with Gasteiger partial charge < -0.3 is 15.2 Å². The van der Waals surface area contributed by atoms with Gasteiger partial charge in [-0.25, -0.2) is 0 Å². The van der Waals surface area contributed by atoms with E-state index in [1.165, 1.54) is 0 Å². The van der Waals surface area contributed by atoms with Crippen LogP contribution < -0.4 is 5.32 Å². The van der Waals surface area contributed by atoms with E-state index in [1.54, 1.807) is 11.0 Å². The molecule has 2 aromatic rings. The molecule has 1 aromatic carbocycles. The molecule has 4 rings (SSSR count). The van der Waals surface area contributed by atoms with Crippen LogP contribution in [0.3, 0.4) is 0 Å². The van der Waals surface area contributed by atoms with Crippen LogP contribution in [0.5, 0.6) is 0 Å². The Hall–Kier alpha value is -2.56. The number of carbonyl (C=O) groups excluding carboxylic acids is 2. The molecule has 2 aliphatic heterocycles. The Kier molecular flexibility index (Phi) is 2.60. The fourth-order valence-electron chi connectivity index (χ4n) is 3.17. The fourth-order valence-corrected chi connectivity index (χ4v) is 3.17. The van der Waals surface area contributed by atoms with Crippen molar-refractivity contribution in [3.05, 3.63) is 41.7 Å². The van der Waals surface area contributed by atoms with Gasteiger partial charge in [-0.15, -0.1) is 0 Å². The average molecular weight is 281 g/mol. The van der Waals surface area contributed by atoms with Crippen molar-refractivity contribution in [2.24, 2.45) is 0 Å². The van der Waals surface area contributed by atoms with Crippen LogP contribution in [0.2, 0.25) is 0 Å². The minimum atomic E-state index is -0.280. The lowest BCUT2D eigenvalue weighted by atomic mass is 10.1. The van der Waals surface area contributed by atoms with Gasteiger partial charge in [0, 0.05) is 29.2 Å². The summed E-state index contributed by atoms with van der Waals surface area (Å²) in [6.07, 6.45) is 5.27. The quantitative estimate of drug-likeness (QED) is 0.780. The van der Waals surface area contributed by atoms with E-state index >= 15 is 0 Å². The molecular weight excluding hydrogens is 266 g/mol. The van der Waals surface area contributed by atoms with Crippen LogP contribution in [0.25, 0.3) is 17.0 Å². The zero-order chi connectivity index (χ0) is 14.4. The maximum Gasteiger partial charge on any atom is 0.271 e. The van der Waals surface area contributed by atoms with E-state index < -0.39 is 0 Å². The molecule has 2 fully saturated rings. The number of rotatable bonds is 1. The molecule has 2 saturated heterocycles. The smallest absolute Gasteiger partial charge is 0.271 e. The van der Waals surface area contributed by atoms with Gasteiger partial charge in [-0.05, 0) is 25.0 Å². The summed E-state index contributed by atoms with van der Waals surface area (Å²) in [5.41, 5.74) is 2.28. The number of nitrogens with zero attached hydrogens (tertiary/aromatic N) is 1. The van der Waals surface area contributed by atoms with Gasteiger partial charge in [0.05, 0.1) is 0 Å². The number of fused-ring (bicyclic) bond motifs is 2. The van der Waals surface area contributed by atoms with Gasteiger partial charge in [0.15, 0.2) is 0 Å². The monoisotopic (exact) mass is 281 g/mol. The predicted octanol–water partition coefficient (Wildman–Crippen LogP) is 1.63. The Morgan fingerprint density at radius 1 is 1.24 bits per heavy atom. The van der Waals surface area contributed by atoms with E-state index in [0.717, 1.165) is 29.3 Å². The highest BCUT2D eigenvalue weighted by Crippen LogP contribution is 2.26. The molecule has 1 aromatic heterocycles. The summed E-state index contributed by atoms with van der Waals surface area (Å²) < 4.78 is 0. The summed E-state index contributed by atoms with van der Waals surface area (Å²) in [6, 6.07) is 7.60. The van der Waals surface area contributed by atoms with E-state index in [9.17, 15) is 9.59 Å². The Morgan fingerprint density at radius 3 is 3.00 bits per heavy atom. The van der Waals surface area contributed by atoms with Crippen LogP contribution in [0.15, 0.2) is 36.2 Å². The number of carbonyl (C=O) groups is 2. The Labute approximate surface area is 121 Å². The third-order valence-corrected chi connectivity index (χ3v) is 4.23. The second-order valence-electron chi connectivity index (χ2n) is 5.49. The number of hydrogen-bond donors (Lipinski definition) is 2. The van der Waals surface area contributed by atoms with E-state index in [1.807, 2.05) is 30.5 Å². The van der Waals surface area contributed by atoms with Crippen molar-refractivity contribution in [1.29, 1.82) is 0 Å². The van der Waals surface area contributed by atoms with Crippen LogP contribution >= 0.6 is 0 Å². The first-order valence-corrected chi connectivity index (χ1v) is 7.14. The zero-order valence-electron chi connectivity index (χ0n) is 11.4. The number of hydrogen-bond acceptors (Lipinski definition) is 2. The molecule has 106 valence electrons. The first-order chi connectivity index (χ1) is 10.2. The van der Waals surface area contributed by atoms with Gasteiger partial charge >= 0.3 is 0 Å². The van der Waals surface area contributed by atoms with Crippen LogP contribution in [0.1, 0.15) is 18.4 Å². The molecule has 2 aliphatic rings. The third kappa shape index (κ3) is 1.85. The van der Waals surface area contributed by atoms with Gasteiger partial charge in [0.25, 0.3) is 5.91 Å². The molecular formula is C16H15N3O2. The summed E-state index contributed by atoms with van der Waals surface area (Å²) in [5, 5.41) is 3.80. The number of aromatic nitrogens is 1. The molecule has 5 nitrogen and oxygen atoms in total. The molecule has 0 unspecified atom stereocenters. The molecule has 0 spiro atoms. The first kappa shape index (κ1) is 12.2. The van der Waals surface area contributed by atoms with E-state index in [-0.39, 0.29) is 17.9 Å². The largest absolute Gasteiger partial charge is 0.361 e. The lowest BCUT2D eigenvalue weighted by Gasteiger charge is -2.30. The van der Waals surface area contributed by atoms with Gasteiger partial charge in [-0.2, -0.15) is 0 Å². The molecule has 5 heteroatoms. The normalized spacial score (nSPS) is 23.7. The standard InChI is InChI=1S/C16H15N3O2/c20-15-14-6-3-7-19(14)16(21)13(18-15)8-10-9-17-12-5-2-1-4-11(10)12/h1-2,4-5,8-9,14,17H,3,6-7H2,(H,18,20)/b13-8-/t14-/m1/s1. The van der Waals surface area contributed by atoms with E-state index in [0.29, 0.717) is 12.2 Å². The molecule has 0 aliphatic carbocycles. The van der Waals surface area contributed by atoms with Crippen molar-refractivity contribution >= 4 is 28.8 Å². The zero-order valence-corrected chi connectivity index (χ0v) is 11.4. The highest BCUT2D eigenvalue weighted by atomic mass is 16.2. The minimum absolute atomic E-state index is 0.0711. The lowest BCUT2D eigenvalue weighted by molar-refractivity contribution is -0.140. The number of amides is 2. The predicted molar refractivity (Wildman–Crippen MR) is 79.2 cm³/mol. The highest BCUT2D eigenvalue weighted by Gasteiger charge is 2.40. The number of nitrogens with one attached hydrogen (secondary N) is 2. The number of H-pyrrole nitrogens is 1. The summed E-state index contributed by atoms with van der Waals surface area (Å²) in [6.45, 7) is 0.669. The average Bonchev–Trinajstić information content (AvgIpc) is 3.12.